The third kappa shape index (κ3) is 1.35. The van der Waals surface area contributed by atoms with Crippen molar-refractivity contribution in [2.75, 3.05) is 6.61 Å². The minimum atomic E-state index is 0.439. The molecule has 1 aromatic rings. The van der Waals surface area contributed by atoms with Crippen LogP contribution < -0.4 is 4.89 Å². The van der Waals surface area contributed by atoms with E-state index in [4.69, 9.17) is 9.78 Å². The van der Waals surface area contributed by atoms with Gasteiger partial charge in [-0.25, -0.2) is 0 Å². The molecule has 56 valence electrons. The van der Waals surface area contributed by atoms with Gasteiger partial charge in [0.2, 0.25) is 0 Å². The van der Waals surface area contributed by atoms with Crippen molar-refractivity contribution in [2.24, 2.45) is 0 Å². The zero-order valence-corrected chi connectivity index (χ0v) is 6.04. The van der Waals surface area contributed by atoms with Crippen LogP contribution in [0.3, 0.4) is 0 Å². The van der Waals surface area contributed by atoms with Crippen molar-refractivity contribution >= 4 is 0 Å². The third-order valence-electron chi connectivity index (χ3n) is 1.60. The predicted molar refractivity (Wildman–Crippen MR) is 40.0 cm³/mol. The van der Waals surface area contributed by atoms with Crippen molar-refractivity contribution in [1.82, 2.24) is 0 Å². The van der Waals surface area contributed by atoms with Gasteiger partial charge in [-0.1, -0.05) is 18.2 Å². The van der Waals surface area contributed by atoms with E-state index >= 15 is 0 Å². The largest absolute Gasteiger partial charge is 0.337 e. The van der Waals surface area contributed by atoms with Gasteiger partial charge in [-0.3, -0.25) is 0 Å². The van der Waals surface area contributed by atoms with Crippen molar-refractivity contribution in [3.63, 3.8) is 0 Å². The van der Waals surface area contributed by atoms with Crippen LogP contribution in [0.5, 0.6) is 5.75 Å². The number of benzene rings is 1. The Bertz CT molecular complexity index is 220. The van der Waals surface area contributed by atoms with Gasteiger partial charge in [0.15, 0.2) is 5.75 Å². The van der Waals surface area contributed by atoms with Crippen molar-refractivity contribution in [3.05, 3.63) is 36.2 Å². The maximum atomic E-state index is 4.99. The van der Waals surface area contributed by atoms with E-state index in [-0.39, 0.29) is 0 Å². The Balaban J connectivity index is 2.33. The fourth-order valence-electron chi connectivity index (χ4n) is 1.05. The summed E-state index contributed by atoms with van der Waals surface area (Å²) in [5.74, 6) is 0.803. The van der Waals surface area contributed by atoms with Gasteiger partial charge in [-0.05, 0) is 18.1 Å². The van der Waals surface area contributed by atoms with E-state index in [0.29, 0.717) is 6.61 Å². The zero-order valence-electron chi connectivity index (χ0n) is 6.04. The van der Waals surface area contributed by atoms with E-state index in [1.165, 1.54) is 0 Å². The minimum absolute atomic E-state index is 0.439. The van der Waals surface area contributed by atoms with Gasteiger partial charge in [0.05, 0.1) is 0 Å². The van der Waals surface area contributed by atoms with Gasteiger partial charge < -0.3 is 4.89 Å². The van der Waals surface area contributed by atoms with E-state index in [2.05, 4.69) is 6.42 Å². The maximum absolute atomic E-state index is 4.99. The Labute approximate surface area is 65.7 Å². The Kier molecular flexibility index (Phi) is 1.78. The van der Waals surface area contributed by atoms with Gasteiger partial charge in [-0.15, -0.1) is 0 Å². The molecule has 0 saturated carbocycles. The van der Waals surface area contributed by atoms with Crippen LogP contribution in [0.4, 0.5) is 0 Å². The monoisotopic (exact) mass is 148 g/mol. The molecular weight excluding hydrogens is 140 g/mol. The highest BCUT2D eigenvalue weighted by atomic mass is 17.2. The summed E-state index contributed by atoms with van der Waals surface area (Å²) in [7, 11) is 0. The molecule has 2 radical (unpaired) electrons. The molecule has 0 saturated heterocycles. The first-order valence-electron chi connectivity index (χ1n) is 3.55. The van der Waals surface area contributed by atoms with E-state index in [9.17, 15) is 0 Å². The second kappa shape index (κ2) is 2.93. The summed E-state index contributed by atoms with van der Waals surface area (Å²) in [5, 5.41) is 0. The highest BCUT2D eigenvalue weighted by Gasteiger charge is 2.07. The van der Waals surface area contributed by atoms with Gasteiger partial charge in [0, 0.05) is 6.42 Å². The van der Waals surface area contributed by atoms with E-state index < -0.39 is 0 Å². The topological polar surface area (TPSA) is 18.5 Å². The standard InChI is InChI=1S/C9H8O2/c1-2-6-9-8(4-1)5-3-7-10-11-9/h1-2,4,6H,5,7H2. The number of para-hydroxylation sites is 1. The molecule has 0 atom stereocenters. The highest BCUT2D eigenvalue weighted by molar-refractivity contribution is 5.34. The average Bonchev–Trinajstić information content (AvgIpc) is 2.28. The van der Waals surface area contributed by atoms with E-state index in [1.807, 2.05) is 24.3 Å². The number of fused-ring (bicyclic) bond motifs is 1. The number of hydrogen-bond acceptors (Lipinski definition) is 2. The first-order valence-corrected chi connectivity index (χ1v) is 3.55. The summed E-state index contributed by atoms with van der Waals surface area (Å²) in [6.07, 6.45) is 3.86. The summed E-state index contributed by atoms with van der Waals surface area (Å²) in [6.45, 7) is 0.439. The summed E-state index contributed by atoms with van der Waals surface area (Å²) >= 11 is 0. The van der Waals surface area contributed by atoms with Crippen LogP contribution in [-0.4, -0.2) is 6.61 Å². The smallest absolute Gasteiger partial charge is 0.168 e. The van der Waals surface area contributed by atoms with Crippen LogP contribution in [0, 0.1) is 6.42 Å². The Morgan fingerprint density at radius 3 is 3.18 bits per heavy atom. The Hall–Kier alpha value is -1.02. The SMILES string of the molecule is [C]1COOc2ccccc2C1. The molecule has 0 bridgehead atoms. The lowest BCUT2D eigenvalue weighted by Crippen LogP contribution is -1.95. The van der Waals surface area contributed by atoms with Crippen molar-refractivity contribution in [3.8, 4) is 5.75 Å². The average molecular weight is 148 g/mol. The van der Waals surface area contributed by atoms with Crippen LogP contribution >= 0.6 is 0 Å². The van der Waals surface area contributed by atoms with E-state index in [0.717, 1.165) is 17.7 Å². The van der Waals surface area contributed by atoms with Crippen LogP contribution in [0.25, 0.3) is 0 Å². The second-order valence-electron chi connectivity index (χ2n) is 2.38. The van der Waals surface area contributed by atoms with Gasteiger partial charge in [0.1, 0.15) is 6.61 Å². The molecular formula is C9H8O2. The summed E-state index contributed by atoms with van der Waals surface area (Å²) < 4.78 is 0. The van der Waals surface area contributed by atoms with Crippen molar-refractivity contribution in [1.29, 1.82) is 0 Å². The molecule has 1 aliphatic rings. The quantitative estimate of drug-likeness (QED) is 0.520. The van der Waals surface area contributed by atoms with Crippen molar-refractivity contribution < 1.29 is 9.78 Å². The molecule has 2 rings (SSSR count). The maximum Gasteiger partial charge on any atom is 0.168 e. The molecule has 0 unspecified atom stereocenters. The summed E-state index contributed by atoms with van der Waals surface area (Å²) in [6, 6.07) is 7.81. The first kappa shape index (κ1) is 6.68. The molecule has 0 spiro atoms. The lowest BCUT2D eigenvalue weighted by Gasteiger charge is -2.01. The zero-order chi connectivity index (χ0) is 7.52. The van der Waals surface area contributed by atoms with Gasteiger partial charge >= 0.3 is 0 Å². The van der Waals surface area contributed by atoms with Crippen LogP contribution in [0.1, 0.15) is 5.56 Å². The van der Waals surface area contributed by atoms with Gasteiger partial charge in [-0.2, -0.15) is 4.89 Å². The molecule has 1 heterocycles. The Morgan fingerprint density at radius 2 is 2.18 bits per heavy atom. The third-order valence-corrected chi connectivity index (χ3v) is 1.60. The molecule has 0 N–H and O–H groups in total. The highest BCUT2D eigenvalue weighted by Crippen LogP contribution is 2.21. The Morgan fingerprint density at radius 1 is 1.27 bits per heavy atom. The van der Waals surface area contributed by atoms with Crippen molar-refractivity contribution in [2.45, 2.75) is 6.42 Å². The normalized spacial score (nSPS) is 16.4. The second-order valence-corrected chi connectivity index (χ2v) is 2.38. The van der Waals surface area contributed by atoms with Crippen LogP contribution in [0.15, 0.2) is 24.3 Å². The van der Waals surface area contributed by atoms with E-state index in [1.54, 1.807) is 0 Å². The predicted octanol–water partition coefficient (Wildman–Crippen LogP) is 1.63. The lowest BCUT2D eigenvalue weighted by molar-refractivity contribution is -0.196. The first-order chi connectivity index (χ1) is 5.47. The molecule has 0 amide bonds. The fourth-order valence-corrected chi connectivity index (χ4v) is 1.05. The molecule has 1 aromatic carbocycles. The number of rotatable bonds is 0. The molecule has 0 fully saturated rings. The molecule has 2 nitrogen and oxygen atoms in total. The minimum Gasteiger partial charge on any atom is -0.337 e. The molecule has 11 heavy (non-hydrogen) atoms. The molecule has 1 aliphatic heterocycles. The fraction of sp³-hybridized carbons (Fsp3) is 0.222. The summed E-state index contributed by atoms with van der Waals surface area (Å²) in [4.78, 5) is 9.80. The lowest BCUT2D eigenvalue weighted by atomic mass is 10.1. The van der Waals surface area contributed by atoms with Crippen LogP contribution in [0.2, 0.25) is 0 Å². The van der Waals surface area contributed by atoms with Crippen LogP contribution in [-0.2, 0) is 11.3 Å². The molecule has 0 aromatic heterocycles. The number of hydrogen-bond donors (Lipinski definition) is 0. The van der Waals surface area contributed by atoms with Gasteiger partial charge in [0.25, 0.3) is 0 Å². The molecule has 2 heteroatoms. The summed E-state index contributed by atoms with van der Waals surface area (Å²) in [5.41, 5.74) is 1.13. The molecule has 0 aliphatic carbocycles.